The highest BCUT2D eigenvalue weighted by molar-refractivity contribution is 7.09. The van der Waals surface area contributed by atoms with Crippen molar-refractivity contribution in [3.8, 4) is 11.5 Å². The van der Waals surface area contributed by atoms with Crippen LogP contribution in [0.5, 0.6) is 11.5 Å². The Bertz CT molecular complexity index is 643. The molecule has 1 N–H and O–H groups in total. The van der Waals surface area contributed by atoms with Crippen LogP contribution < -0.4 is 9.47 Å². The highest BCUT2D eigenvalue weighted by Gasteiger charge is 2.30. The Morgan fingerprint density at radius 3 is 2.95 bits per heavy atom. The van der Waals surface area contributed by atoms with Gasteiger partial charge >= 0.3 is 0 Å². The molecule has 4 rings (SSSR count). The Hall–Kier alpha value is -1.56. The number of benzene rings is 1. The van der Waals surface area contributed by atoms with E-state index in [0.29, 0.717) is 6.79 Å². The van der Waals surface area contributed by atoms with Gasteiger partial charge in [-0.15, -0.1) is 11.3 Å². The van der Waals surface area contributed by atoms with Gasteiger partial charge < -0.3 is 14.6 Å². The number of nitrogens with zero attached hydrogens (tertiary/aromatic N) is 1. The van der Waals surface area contributed by atoms with Crippen molar-refractivity contribution < 1.29 is 14.6 Å². The summed E-state index contributed by atoms with van der Waals surface area (Å²) in [7, 11) is 0. The third-order valence-corrected chi connectivity index (χ3v) is 5.31. The van der Waals surface area contributed by atoms with Crippen molar-refractivity contribution in [1.82, 2.24) is 4.90 Å². The lowest BCUT2D eigenvalue weighted by Gasteiger charge is -2.36. The lowest BCUT2D eigenvalue weighted by atomic mass is 9.87. The van der Waals surface area contributed by atoms with E-state index in [0.717, 1.165) is 43.1 Å². The highest BCUT2D eigenvalue weighted by Crippen LogP contribution is 2.37. The Kier molecular flexibility index (Phi) is 3.78. The molecule has 2 aromatic rings. The smallest absolute Gasteiger partial charge is 0.231 e. The molecule has 116 valence electrons. The summed E-state index contributed by atoms with van der Waals surface area (Å²) in [5, 5.41) is 12.7. The van der Waals surface area contributed by atoms with Gasteiger partial charge in [0.2, 0.25) is 6.79 Å². The number of aliphatic hydroxyl groups is 1. The van der Waals surface area contributed by atoms with E-state index in [-0.39, 0.29) is 12.0 Å². The first-order chi connectivity index (χ1) is 10.8. The van der Waals surface area contributed by atoms with E-state index in [4.69, 9.17) is 9.47 Å². The molecule has 0 spiro atoms. The molecule has 0 amide bonds. The van der Waals surface area contributed by atoms with Crippen LogP contribution in [0.3, 0.4) is 0 Å². The Balaban J connectivity index is 1.44. The summed E-state index contributed by atoms with van der Waals surface area (Å²) in [6.45, 7) is 2.95. The van der Waals surface area contributed by atoms with Crippen LogP contribution in [0.25, 0.3) is 0 Å². The van der Waals surface area contributed by atoms with E-state index in [2.05, 4.69) is 28.5 Å². The largest absolute Gasteiger partial charge is 0.454 e. The van der Waals surface area contributed by atoms with Crippen molar-refractivity contribution in [2.45, 2.75) is 25.0 Å². The summed E-state index contributed by atoms with van der Waals surface area (Å²) in [5.41, 5.74) is 1.15. The van der Waals surface area contributed by atoms with Gasteiger partial charge in [0.25, 0.3) is 0 Å². The van der Waals surface area contributed by atoms with Gasteiger partial charge in [0, 0.05) is 23.9 Å². The lowest BCUT2D eigenvalue weighted by Crippen LogP contribution is -2.42. The van der Waals surface area contributed by atoms with Gasteiger partial charge in [-0.25, -0.2) is 0 Å². The molecule has 0 unspecified atom stereocenters. The molecule has 0 saturated carbocycles. The molecular weight excluding hydrogens is 298 g/mol. The number of β-amino-alcohol motifs (C(OH)–C–C–N with tert-alkyl or cyclic N) is 1. The SMILES string of the molecule is O[C@@H]1CN(Cc2cccs2)CC[C@H]1c1ccc2c(c1)OCO2. The summed E-state index contributed by atoms with van der Waals surface area (Å²) in [6.07, 6.45) is 0.626. The molecule has 22 heavy (non-hydrogen) atoms. The van der Waals surface area contributed by atoms with Crippen molar-refractivity contribution in [3.05, 3.63) is 46.2 Å². The van der Waals surface area contributed by atoms with Crippen LogP contribution in [0.2, 0.25) is 0 Å². The first kappa shape index (κ1) is 14.1. The fourth-order valence-corrected chi connectivity index (χ4v) is 4.04. The quantitative estimate of drug-likeness (QED) is 0.945. The van der Waals surface area contributed by atoms with Gasteiger partial charge in [0.05, 0.1) is 6.10 Å². The van der Waals surface area contributed by atoms with Crippen LogP contribution in [0, 0.1) is 0 Å². The summed E-state index contributed by atoms with van der Waals surface area (Å²) in [4.78, 5) is 3.69. The van der Waals surface area contributed by atoms with Crippen LogP contribution in [0.1, 0.15) is 22.8 Å². The third-order valence-electron chi connectivity index (χ3n) is 4.45. The van der Waals surface area contributed by atoms with E-state index < -0.39 is 0 Å². The van der Waals surface area contributed by atoms with Crippen LogP contribution >= 0.6 is 11.3 Å². The Morgan fingerprint density at radius 2 is 2.14 bits per heavy atom. The monoisotopic (exact) mass is 317 g/mol. The van der Waals surface area contributed by atoms with Gasteiger partial charge in [0.15, 0.2) is 11.5 Å². The zero-order valence-electron chi connectivity index (χ0n) is 12.3. The molecule has 0 radical (unpaired) electrons. The number of piperidine rings is 1. The molecule has 1 fully saturated rings. The summed E-state index contributed by atoms with van der Waals surface area (Å²) in [6, 6.07) is 10.3. The minimum atomic E-state index is -0.339. The number of hydrogen-bond donors (Lipinski definition) is 1. The molecule has 1 aromatic carbocycles. The molecule has 1 aromatic heterocycles. The molecule has 5 heteroatoms. The maximum atomic E-state index is 10.6. The zero-order chi connectivity index (χ0) is 14.9. The fourth-order valence-electron chi connectivity index (χ4n) is 3.30. The van der Waals surface area contributed by atoms with E-state index in [1.165, 1.54) is 4.88 Å². The lowest BCUT2D eigenvalue weighted by molar-refractivity contribution is 0.0481. The zero-order valence-corrected chi connectivity index (χ0v) is 13.1. The highest BCUT2D eigenvalue weighted by atomic mass is 32.1. The van der Waals surface area contributed by atoms with Crippen LogP contribution in [-0.4, -0.2) is 36.0 Å². The first-order valence-corrected chi connectivity index (χ1v) is 8.50. The molecule has 4 nitrogen and oxygen atoms in total. The predicted molar refractivity (Wildman–Crippen MR) is 85.5 cm³/mol. The normalized spacial score (nSPS) is 24.6. The average Bonchev–Trinajstić information content (AvgIpc) is 3.17. The van der Waals surface area contributed by atoms with Crippen LogP contribution in [0.15, 0.2) is 35.7 Å². The number of hydrogen-bond acceptors (Lipinski definition) is 5. The van der Waals surface area contributed by atoms with Gasteiger partial charge in [-0.3, -0.25) is 4.90 Å². The number of likely N-dealkylation sites (tertiary alicyclic amines) is 1. The summed E-state index contributed by atoms with van der Waals surface area (Å²) >= 11 is 1.77. The summed E-state index contributed by atoms with van der Waals surface area (Å²) in [5.74, 6) is 1.77. The first-order valence-electron chi connectivity index (χ1n) is 7.62. The number of rotatable bonds is 3. The molecule has 2 aliphatic heterocycles. The van der Waals surface area contributed by atoms with Crippen molar-refractivity contribution in [1.29, 1.82) is 0 Å². The van der Waals surface area contributed by atoms with Crippen LogP contribution in [-0.2, 0) is 6.54 Å². The predicted octanol–water partition coefficient (Wildman–Crippen LogP) is 2.83. The topological polar surface area (TPSA) is 41.9 Å². The van der Waals surface area contributed by atoms with E-state index in [1.54, 1.807) is 11.3 Å². The Morgan fingerprint density at radius 1 is 1.23 bits per heavy atom. The maximum Gasteiger partial charge on any atom is 0.231 e. The van der Waals surface area contributed by atoms with Crippen molar-refractivity contribution >= 4 is 11.3 Å². The minimum absolute atomic E-state index is 0.175. The standard InChI is InChI=1S/C17H19NO3S/c19-15-10-18(9-13-2-1-7-22-13)6-5-14(15)12-3-4-16-17(8-12)21-11-20-16/h1-4,7-8,14-15,19H,5-6,9-11H2/t14-,15+/m0/s1. The Labute approximate surface area is 133 Å². The molecule has 3 heterocycles. The van der Waals surface area contributed by atoms with Gasteiger partial charge in [-0.1, -0.05) is 12.1 Å². The summed E-state index contributed by atoms with van der Waals surface area (Å²) < 4.78 is 10.8. The molecular formula is C17H19NO3S. The second-order valence-corrected chi connectivity index (χ2v) is 6.92. The van der Waals surface area contributed by atoms with Crippen molar-refractivity contribution in [2.24, 2.45) is 0 Å². The van der Waals surface area contributed by atoms with Crippen molar-refractivity contribution in [3.63, 3.8) is 0 Å². The number of ether oxygens (including phenoxy) is 2. The van der Waals surface area contributed by atoms with E-state index >= 15 is 0 Å². The molecule has 1 saturated heterocycles. The van der Waals surface area contributed by atoms with E-state index in [9.17, 15) is 5.11 Å². The molecule has 0 bridgehead atoms. The van der Waals surface area contributed by atoms with Gasteiger partial charge in [-0.05, 0) is 42.1 Å². The maximum absolute atomic E-state index is 10.6. The van der Waals surface area contributed by atoms with Gasteiger partial charge in [0.1, 0.15) is 0 Å². The molecule has 0 aliphatic carbocycles. The third kappa shape index (κ3) is 2.72. The van der Waals surface area contributed by atoms with Gasteiger partial charge in [-0.2, -0.15) is 0 Å². The molecule has 2 aliphatic rings. The fraction of sp³-hybridized carbons (Fsp3) is 0.412. The number of aliphatic hydroxyl groups excluding tert-OH is 1. The number of thiophene rings is 1. The minimum Gasteiger partial charge on any atom is -0.454 e. The second kappa shape index (κ2) is 5.91. The van der Waals surface area contributed by atoms with Crippen LogP contribution in [0.4, 0.5) is 0 Å². The van der Waals surface area contributed by atoms with E-state index in [1.807, 2.05) is 12.1 Å². The molecule has 2 atom stereocenters. The number of fused-ring (bicyclic) bond motifs is 1. The van der Waals surface area contributed by atoms with Crippen molar-refractivity contribution in [2.75, 3.05) is 19.9 Å². The second-order valence-electron chi connectivity index (χ2n) is 5.89. The average molecular weight is 317 g/mol.